The molecule has 3 aromatic carbocycles. The SMILES string of the molecule is Clc1ccc(CSc2nc3cc(Cl)ccc3n2Cc2ccccc2)c(Cl)c1. The summed E-state index contributed by atoms with van der Waals surface area (Å²) in [6.45, 7) is 0.746. The molecule has 0 unspecified atom stereocenters. The zero-order valence-corrected chi connectivity index (χ0v) is 17.3. The van der Waals surface area contributed by atoms with E-state index >= 15 is 0 Å². The second-order valence-electron chi connectivity index (χ2n) is 6.12. The van der Waals surface area contributed by atoms with Crippen LogP contribution in [0.4, 0.5) is 0 Å². The maximum absolute atomic E-state index is 6.32. The smallest absolute Gasteiger partial charge is 0.169 e. The van der Waals surface area contributed by atoms with Crippen LogP contribution in [0.25, 0.3) is 11.0 Å². The van der Waals surface area contributed by atoms with Crippen molar-refractivity contribution in [3.8, 4) is 0 Å². The molecule has 4 aromatic rings. The van der Waals surface area contributed by atoms with Gasteiger partial charge in [0.05, 0.1) is 17.6 Å². The van der Waals surface area contributed by atoms with Gasteiger partial charge >= 0.3 is 0 Å². The average Bonchev–Trinajstić information content (AvgIpc) is 2.98. The Hall–Kier alpha value is -1.65. The fourth-order valence-electron chi connectivity index (χ4n) is 2.89. The first-order valence-electron chi connectivity index (χ1n) is 8.36. The summed E-state index contributed by atoms with van der Waals surface area (Å²) in [5.41, 5.74) is 4.21. The van der Waals surface area contributed by atoms with Gasteiger partial charge in [-0.05, 0) is 41.5 Å². The summed E-state index contributed by atoms with van der Waals surface area (Å²) in [4.78, 5) is 4.80. The summed E-state index contributed by atoms with van der Waals surface area (Å²) in [6, 6.07) is 21.8. The molecule has 0 saturated carbocycles. The first-order valence-corrected chi connectivity index (χ1v) is 10.5. The third-order valence-corrected chi connectivity index (χ3v) is 6.08. The molecule has 0 atom stereocenters. The van der Waals surface area contributed by atoms with E-state index in [2.05, 4.69) is 16.7 Å². The molecule has 6 heteroatoms. The highest BCUT2D eigenvalue weighted by Gasteiger charge is 2.13. The topological polar surface area (TPSA) is 17.8 Å². The normalized spacial score (nSPS) is 11.2. The van der Waals surface area contributed by atoms with Gasteiger partial charge in [0.15, 0.2) is 5.16 Å². The third-order valence-electron chi connectivity index (χ3n) is 4.23. The molecule has 2 nitrogen and oxygen atoms in total. The van der Waals surface area contributed by atoms with E-state index in [4.69, 9.17) is 39.8 Å². The first kappa shape index (κ1) is 18.7. The molecule has 136 valence electrons. The second-order valence-corrected chi connectivity index (χ2v) is 8.35. The molecule has 4 rings (SSSR count). The predicted octanol–water partition coefficient (Wildman–Crippen LogP) is 7.34. The Labute approximate surface area is 177 Å². The fourth-order valence-corrected chi connectivity index (χ4v) is 4.63. The number of hydrogen-bond donors (Lipinski definition) is 0. The summed E-state index contributed by atoms with van der Waals surface area (Å²) in [7, 11) is 0. The van der Waals surface area contributed by atoms with E-state index in [1.807, 2.05) is 48.5 Å². The van der Waals surface area contributed by atoms with Gasteiger partial charge in [0.1, 0.15) is 0 Å². The zero-order valence-electron chi connectivity index (χ0n) is 14.2. The van der Waals surface area contributed by atoms with Gasteiger partial charge in [-0.1, -0.05) is 83.0 Å². The van der Waals surface area contributed by atoms with Crippen molar-refractivity contribution >= 4 is 57.6 Å². The van der Waals surface area contributed by atoms with Crippen molar-refractivity contribution in [1.82, 2.24) is 9.55 Å². The van der Waals surface area contributed by atoms with Crippen LogP contribution in [0.1, 0.15) is 11.1 Å². The summed E-state index contributed by atoms with van der Waals surface area (Å²) in [6.07, 6.45) is 0. The van der Waals surface area contributed by atoms with Crippen molar-refractivity contribution < 1.29 is 0 Å². The van der Waals surface area contributed by atoms with E-state index in [-0.39, 0.29) is 0 Å². The minimum atomic E-state index is 0.639. The maximum atomic E-state index is 6.32. The summed E-state index contributed by atoms with van der Waals surface area (Å²) < 4.78 is 2.22. The molecule has 0 spiro atoms. The molecular weight excluding hydrogens is 419 g/mol. The molecule has 0 fully saturated rings. The number of hydrogen-bond acceptors (Lipinski definition) is 2. The predicted molar refractivity (Wildman–Crippen MR) is 116 cm³/mol. The Morgan fingerprint density at radius 2 is 1.59 bits per heavy atom. The Morgan fingerprint density at radius 3 is 2.37 bits per heavy atom. The summed E-state index contributed by atoms with van der Waals surface area (Å²) in [5.74, 6) is 0.710. The molecule has 0 radical (unpaired) electrons. The van der Waals surface area contributed by atoms with Crippen molar-refractivity contribution in [3.63, 3.8) is 0 Å². The lowest BCUT2D eigenvalue weighted by Crippen LogP contribution is -2.01. The van der Waals surface area contributed by atoms with Crippen LogP contribution in [-0.4, -0.2) is 9.55 Å². The molecular formula is C21H15Cl3N2S. The number of halogens is 3. The van der Waals surface area contributed by atoms with Crippen LogP contribution in [0.3, 0.4) is 0 Å². The number of benzene rings is 3. The highest BCUT2D eigenvalue weighted by atomic mass is 35.5. The Bertz CT molecular complexity index is 1090. The molecule has 0 aliphatic heterocycles. The zero-order chi connectivity index (χ0) is 18.8. The summed E-state index contributed by atoms with van der Waals surface area (Å²) in [5, 5.41) is 2.93. The van der Waals surface area contributed by atoms with E-state index in [1.165, 1.54) is 5.56 Å². The van der Waals surface area contributed by atoms with Crippen LogP contribution in [0, 0.1) is 0 Å². The van der Waals surface area contributed by atoms with Crippen LogP contribution >= 0.6 is 46.6 Å². The van der Waals surface area contributed by atoms with E-state index in [0.29, 0.717) is 20.8 Å². The monoisotopic (exact) mass is 432 g/mol. The van der Waals surface area contributed by atoms with Crippen LogP contribution < -0.4 is 0 Å². The van der Waals surface area contributed by atoms with Crippen molar-refractivity contribution in [2.75, 3.05) is 0 Å². The highest BCUT2D eigenvalue weighted by Crippen LogP contribution is 2.31. The number of nitrogens with zero attached hydrogens (tertiary/aromatic N) is 2. The molecule has 0 amide bonds. The van der Waals surface area contributed by atoms with Crippen molar-refractivity contribution in [1.29, 1.82) is 0 Å². The van der Waals surface area contributed by atoms with Crippen LogP contribution in [0.5, 0.6) is 0 Å². The van der Waals surface area contributed by atoms with Crippen molar-refractivity contribution in [2.45, 2.75) is 17.5 Å². The second kappa shape index (κ2) is 8.15. The number of fused-ring (bicyclic) bond motifs is 1. The number of aromatic nitrogens is 2. The Morgan fingerprint density at radius 1 is 0.852 bits per heavy atom. The van der Waals surface area contributed by atoms with E-state index in [9.17, 15) is 0 Å². The van der Waals surface area contributed by atoms with Gasteiger partial charge in [-0.3, -0.25) is 0 Å². The number of rotatable bonds is 5. The van der Waals surface area contributed by atoms with Crippen molar-refractivity contribution in [3.05, 3.63) is 92.9 Å². The molecule has 0 saturated heterocycles. The molecule has 1 aromatic heterocycles. The molecule has 0 N–H and O–H groups in total. The minimum Gasteiger partial charge on any atom is -0.314 e. The summed E-state index contributed by atoms with van der Waals surface area (Å²) >= 11 is 20.1. The quantitative estimate of drug-likeness (QED) is 0.306. The third kappa shape index (κ3) is 4.27. The van der Waals surface area contributed by atoms with E-state index in [0.717, 1.165) is 28.3 Å². The molecule has 1 heterocycles. The standard InChI is InChI=1S/C21H15Cl3N2S/c22-16-7-6-15(18(24)10-16)13-27-21-25-19-11-17(23)8-9-20(19)26(21)12-14-4-2-1-3-5-14/h1-11H,12-13H2. The van der Waals surface area contributed by atoms with Crippen molar-refractivity contribution in [2.24, 2.45) is 0 Å². The molecule has 0 aliphatic rings. The van der Waals surface area contributed by atoms with Gasteiger partial charge < -0.3 is 4.57 Å². The van der Waals surface area contributed by atoms with Gasteiger partial charge in [0.25, 0.3) is 0 Å². The fraction of sp³-hybridized carbons (Fsp3) is 0.0952. The molecule has 0 aliphatic carbocycles. The van der Waals surface area contributed by atoms with Gasteiger partial charge in [0.2, 0.25) is 0 Å². The van der Waals surface area contributed by atoms with Crippen LogP contribution in [-0.2, 0) is 12.3 Å². The van der Waals surface area contributed by atoms with Crippen LogP contribution in [0.2, 0.25) is 15.1 Å². The maximum Gasteiger partial charge on any atom is 0.169 e. The van der Waals surface area contributed by atoms with Gasteiger partial charge in [-0.15, -0.1) is 0 Å². The minimum absolute atomic E-state index is 0.639. The lowest BCUT2D eigenvalue weighted by Gasteiger charge is -2.10. The lowest BCUT2D eigenvalue weighted by atomic mass is 10.2. The lowest BCUT2D eigenvalue weighted by molar-refractivity contribution is 0.731. The molecule has 0 bridgehead atoms. The first-order chi connectivity index (χ1) is 13.1. The van der Waals surface area contributed by atoms with Gasteiger partial charge in [-0.2, -0.15) is 0 Å². The van der Waals surface area contributed by atoms with Gasteiger partial charge in [-0.25, -0.2) is 4.98 Å². The van der Waals surface area contributed by atoms with E-state index in [1.54, 1.807) is 17.8 Å². The van der Waals surface area contributed by atoms with Gasteiger partial charge in [0, 0.05) is 20.8 Å². The Balaban J connectivity index is 1.69. The van der Waals surface area contributed by atoms with Crippen LogP contribution in [0.15, 0.2) is 71.9 Å². The number of thioether (sulfide) groups is 1. The molecule has 27 heavy (non-hydrogen) atoms. The Kier molecular flexibility index (Phi) is 5.65. The van der Waals surface area contributed by atoms with E-state index < -0.39 is 0 Å². The highest BCUT2D eigenvalue weighted by molar-refractivity contribution is 7.98. The average molecular weight is 434 g/mol. The largest absolute Gasteiger partial charge is 0.314 e. The number of imidazole rings is 1.